The van der Waals surface area contributed by atoms with Gasteiger partial charge in [-0.2, -0.15) is 5.10 Å². The van der Waals surface area contributed by atoms with Crippen molar-refractivity contribution in [2.24, 2.45) is 5.41 Å². The molecule has 5 heterocycles. The van der Waals surface area contributed by atoms with Crippen molar-refractivity contribution in [2.45, 2.75) is 52.2 Å². The van der Waals surface area contributed by atoms with Crippen LogP contribution in [0.2, 0.25) is 0 Å². The van der Waals surface area contributed by atoms with Gasteiger partial charge in [-0.15, -0.1) is 0 Å². The van der Waals surface area contributed by atoms with Crippen LogP contribution < -0.4 is 5.32 Å². The Balaban J connectivity index is 1.30. The number of aliphatic hydroxyl groups excluding tert-OH is 1. The molecule has 210 valence electrons. The lowest BCUT2D eigenvalue weighted by Crippen LogP contribution is -2.47. The van der Waals surface area contributed by atoms with E-state index in [0.29, 0.717) is 51.2 Å². The lowest BCUT2D eigenvalue weighted by molar-refractivity contribution is -0.138. The molecule has 1 aliphatic carbocycles. The van der Waals surface area contributed by atoms with Crippen LogP contribution in [0.5, 0.6) is 0 Å². The summed E-state index contributed by atoms with van der Waals surface area (Å²) in [6.45, 7) is 4.72. The van der Waals surface area contributed by atoms with E-state index in [1.165, 1.54) is 11.6 Å². The van der Waals surface area contributed by atoms with E-state index >= 15 is 0 Å². The third kappa shape index (κ3) is 4.78. The lowest BCUT2D eigenvalue weighted by atomic mass is 10.0. The number of amides is 2. The molecule has 1 saturated heterocycles. The molecule has 13 heteroatoms. The predicted octanol–water partition coefficient (Wildman–Crippen LogP) is 2.86. The normalized spacial score (nSPS) is 21.1. The quantitative estimate of drug-likeness (QED) is 0.235. The van der Waals surface area contributed by atoms with Crippen LogP contribution in [0.15, 0.2) is 41.4 Å². The summed E-state index contributed by atoms with van der Waals surface area (Å²) in [7, 11) is 0. The van der Waals surface area contributed by atoms with Crippen LogP contribution in [0.4, 0.5) is 5.82 Å². The molecule has 2 amide bonds. The second-order valence-corrected chi connectivity index (χ2v) is 11.5. The van der Waals surface area contributed by atoms with Gasteiger partial charge in [-0.05, 0) is 60.3 Å². The Hall–Kier alpha value is -4.10. The molecule has 0 unspecified atom stereocenters. The fraction of sp³-hybridized carbons (Fsp3) is 0.357. The summed E-state index contributed by atoms with van der Waals surface area (Å²) in [5.74, 6) is 0.0741. The third-order valence-corrected chi connectivity index (χ3v) is 8.40. The highest BCUT2D eigenvalue weighted by Gasteiger charge is 2.66. The van der Waals surface area contributed by atoms with E-state index in [1.54, 1.807) is 42.5 Å². The molecule has 41 heavy (non-hydrogen) atoms. The van der Waals surface area contributed by atoms with Gasteiger partial charge in [-0.3, -0.25) is 24.0 Å². The van der Waals surface area contributed by atoms with Crippen molar-refractivity contribution in [3.8, 4) is 11.3 Å². The zero-order chi connectivity index (χ0) is 29.1. The highest BCUT2D eigenvalue weighted by Crippen LogP contribution is 2.59. The molecule has 3 atom stereocenters. The minimum absolute atomic E-state index is 0.117. The number of aliphatic hydroxyl groups is 1. The van der Waals surface area contributed by atoms with E-state index in [2.05, 4.69) is 46.3 Å². The number of ketones is 1. The van der Waals surface area contributed by atoms with Crippen molar-refractivity contribution >= 4 is 50.2 Å². The van der Waals surface area contributed by atoms with Crippen molar-refractivity contribution in [3.05, 3.63) is 58.5 Å². The largest absolute Gasteiger partial charge is 0.396 e. The minimum Gasteiger partial charge on any atom is -0.396 e. The van der Waals surface area contributed by atoms with Gasteiger partial charge in [0.05, 0.1) is 24.0 Å². The van der Waals surface area contributed by atoms with Crippen molar-refractivity contribution < 1.29 is 19.5 Å². The number of fused-ring (bicyclic) bond motifs is 2. The summed E-state index contributed by atoms with van der Waals surface area (Å²) in [6, 6.07) is 4.31. The maximum Gasteiger partial charge on any atom is 0.248 e. The van der Waals surface area contributed by atoms with E-state index < -0.39 is 11.5 Å². The zero-order valence-corrected chi connectivity index (χ0v) is 24.2. The van der Waals surface area contributed by atoms with Crippen molar-refractivity contribution in [1.82, 2.24) is 34.6 Å². The summed E-state index contributed by atoms with van der Waals surface area (Å²) in [4.78, 5) is 58.6. The molecule has 2 fully saturated rings. The lowest BCUT2D eigenvalue weighted by Gasteiger charge is -2.27. The van der Waals surface area contributed by atoms with E-state index in [4.69, 9.17) is 0 Å². The Morgan fingerprint density at radius 1 is 1.12 bits per heavy atom. The van der Waals surface area contributed by atoms with E-state index in [9.17, 15) is 19.5 Å². The summed E-state index contributed by atoms with van der Waals surface area (Å²) in [5, 5.41) is 18.0. The average molecular weight is 619 g/mol. The Bertz CT molecular complexity index is 1720. The molecule has 1 aliphatic heterocycles. The number of carbonyl (C=O) groups is 3. The second-order valence-electron chi connectivity index (χ2n) is 10.7. The molecule has 0 aromatic carbocycles. The first-order valence-electron chi connectivity index (χ1n) is 13.1. The number of nitrogens with one attached hydrogen (secondary N) is 1. The molecule has 1 saturated carbocycles. The summed E-state index contributed by atoms with van der Waals surface area (Å²) < 4.78 is 2.03. The van der Waals surface area contributed by atoms with E-state index in [0.717, 1.165) is 5.56 Å². The molecule has 4 aromatic rings. The maximum atomic E-state index is 13.8. The Morgan fingerprint density at radius 3 is 2.59 bits per heavy atom. The number of likely N-dealkylation sites (tertiary alicyclic amines) is 1. The smallest absolute Gasteiger partial charge is 0.248 e. The van der Waals surface area contributed by atoms with Gasteiger partial charge in [0.25, 0.3) is 0 Å². The highest BCUT2D eigenvalue weighted by atomic mass is 79.9. The number of piperidine rings is 1. The van der Waals surface area contributed by atoms with Crippen LogP contribution in [0.3, 0.4) is 0 Å². The number of halogens is 1. The minimum atomic E-state index is -0.783. The monoisotopic (exact) mass is 618 g/mol. The molecule has 0 radical (unpaired) electrons. The molecular weight excluding hydrogens is 592 g/mol. The fourth-order valence-electron chi connectivity index (χ4n) is 5.62. The summed E-state index contributed by atoms with van der Waals surface area (Å²) in [5.41, 5.74) is 2.27. The van der Waals surface area contributed by atoms with Gasteiger partial charge in [-0.1, -0.05) is 6.07 Å². The Labute approximate surface area is 243 Å². The molecule has 2 aliphatic rings. The number of Topliss-reactive ketones (excluding diaryl/α,β-unsaturated/α-hetero) is 1. The van der Waals surface area contributed by atoms with Crippen molar-refractivity contribution in [1.29, 1.82) is 0 Å². The molecule has 12 nitrogen and oxygen atoms in total. The molecular formula is C28H27BrN8O4. The number of nitrogens with zero attached hydrogens (tertiary/aromatic N) is 7. The predicted molar refractivity (Wildman–Crippen MR) is 152 cm³/mol. The molecule has 4 aromatic heterocycles. The fourth-order valence-corrected chi connectivity index (χ4v) is 5.93. The number of hydrogen-bond acceptors (Lipinski definition) is 9. The van der Waals surface area contributed by atoms with E-state index in [-0.39, 0.29) is 42.5 Å². The maximum absolute atomic E-state index is 13.8. The number of carbonyl (C=O) groups excluding carboxylic acids is 3. The topological polar surface area (TPSA) is 156 Å². The first-order valence-corrected chi connectivity index (χ1v) is 13.9. The average Bonchev–Trinajstić information content (AvgIpc) is 3.38. The Kier molecular flexibility index (Phi) is 6.65. The summed E-state index contributed by atoms with van der Waals surface area (Å²) in [6.07, 6.45) is 5.85. The van der Waals surface area contributed by atoms with Gasteiger partial charge < -0.3 is 15.3 Å². The van der Waals surface area contributed by atoms with Gasteiger partial charge in [-0.25, -0.2) is 15.0 Å². The van der Waals surface area contributed by atoms with Crippen molar-refractivity contribution in [2.75, 3.05) is 11.9 Å². The number of aromatic nitrogens is 6. The first-order chi connectivity index (χ1) is 19.6. The number of anilines is 1. The summed E-state index contributed by atoms with van der Waals surface area (Å²) >= 11 is 3.33. The van der Waals surface area contributed by atoms with Crippen LogP contribution in [0, 0.1) is 19.3 Å². The second kappa shape index (κ2) is 10.1. The number of aryl methyl sites for hydroxylation is 2. The molecule has 2 N–H and O–H groups in total. The van der Waals surface area contributed by atoms with Gasteiger partial charge in [0.1, 0.15) is 34.5 Å². The molecule has 0 bridgehead atoms. The van der Waals surface area contributed by atoms with Crippen LogP contribution in [-0.4, -0.2) is 76.0 Å². The van der Waals surface area contributed by atoms with Gasteiger partial charge in [0, 0.05) is 41.7 Å². The van der Waals surface area contributed by atoms with Crippen LogP contribution in [0.25, 0.3) is 22.2 Å². The van der Waals surface area contributed by atoms with E-state index in [1.807, 2.05) is 13.0 Å². The number of hydrogen-bond donors (Lipinski definition) is 2. The van der Waals surface area contributed by atoms with Gasteiger partial charge in [0.15, 0.2) is 5.78 Å². The number of pyridine rings is 2. The van der Waals surface area contributed by atoms with Crippen LogP contribution in [-0.2, 0) is 16.1 Å². The van der Waals surface area contributed by atoms with Crippen LogP contribution >= 0.6 is 15.9 Å². The molecule has 6 rings (SSSR count). The highest BCUT2D eigenvalue weighted by molar-refractivity contribution is 9.10. The first kappa shape index (κ1) is 27.1. The number of rotatable bonds is 7. The zero-order valence-electron chi connectivity index (χ0n) is 22.6. The standard InChI is InChI=1S/C28H27BrN8O4/c1-14-4-5-23(29)33-26(14)34-27(41)20-7-28(13-38)8-22(28)37(20)24(40)12-36-21-11-32-19(17-9-30-16(3)31-10-17)6-18(21)25(35-36)15(2)39/h4-6,9-11,20,22,38H,7-8,12-13H2,1-3H3,(H,33,34,41)/t20-,22+,28-/m0/s1. The Morgan fingerprint density at radius 2 is 1.88 bits per heavy atom. The third-order valence-electron chi connectivity index (χ3n) is 7.96. The van der Waals surface area contributed by atoms with Gasteiger partial charge in [0.2, 0.25) is 11.8 Å². The van der Waals surface area contributed by atoms with Crippen molar-refractivity contribution in [3.63, 3.8) is 0 Å². The van der Waals surface area contributed by atoms with Crippen LogP contribution in [0.1, 0.15) is 41.6 Å². The van der Waals surface area contributed by atoms with Gasteiger partial charge >= 0.3 is 0 Å². The SMILES string of the molecule is CC(=O)c1nn(CC(=O)N2[C@H](C(=O)Nc3nc(Br)ccc3C)C[C@@]3(CO)C[C@@H]23)c2cnc(-c3cnc(C)nc3)cc12. The molecule has 0 spiro atoms.